The van der Waals surface area contributed by atoms with Crippen LogP contribution >= 0.6 is 0 Å². The Morgan fingerprint density at radius 1 is 0.299 bits per heavy atom. The number of hydrogen-bond acceptors (Lipinski definition) is 6. The smallest absolute Gasteiger partial charge is 0.306 e. The summed E-state index contributed by atoms with van der Waals surface area (Å²) in [5.74, 6) is -1.05. The van der Waals surface area contributed by atoms with Crippen LogP contribution in [0.3, 0.4) is 0 Å². The maximum absolute atomic E-state index is 12.8. The van der Waals surface area contributed by atoms with E-state index in [9.17, 15) is 14.4 Å². The van der Waals surface area contributed by atoms with Gasteiger partial charge in [-0.1, -0.05) is 194 Å². The summed E-state index contributed by atoms with van der Waals surface area (Å²) in [5, 5.41) is 0. The molecule has 0 amide bonds. The van der Waals surface area contributed by atoms with Gasteiger partial charge in [0, 0.05) is 19.3 Å². The number of rotatable bonds is 47. The number of ether oxygens (including phenoxy) is 3. The first-order chi connectivity index (χ1) is 33.0. The topological polar surface area (TPSA) is 78.9 Å². The molecule has 0 fully saturated rings. The van der Waals surface area contributed by atoms with Crippen LogP contribution in [0, 0.1) is 0 Å². The Kier molecular flexibility index (Phi) is 51.0. The lowest BCUT2D eigenvalue weighted by Crippen LogP contribution is -2.30. The van der Waals surface area contributed by atoms with Crippen LogP contribution in [-0.4, -0.2) is 37.2 Å². The van der Waals surface area contributed by atoms with Crippen molar-refractivity contribution in [2.75, 3.05) is 13.2 Å². The summed E-state index contributed by atoms with van der Waals surface area (Å²) in [4.78, 5) is 38.0. The van der Waals surface area contributed by atoms with Crippen molar-refractivity contribution in [1.82, 2.24) is 0 Å². The molecule has 67 heavy (non-hydrogen) atoms. The second kappa shape index (κ2) is 54.4. The number of carbonyl (C=O) groups excluding carboxylic acids is 3. The van der Waals surface area contributed by atoms with Crippen molar-refractivity contribution in [3.63, 3.8) is 0 Å². The Bertz CT molecular complexity index is 1440. The molecule has 1 atom stereocenters. The quantitative estimate of drug-likeness (QED) is 0.0262. The molecule has 0 bridgehead atoms. The average Bonchev–Trinajstić information content (AvgIpc) is 3.33. The fourth-order valence-electron chi connectivity index (χ4n) is 6.80. The molecule has 0 radical (unpaired) electrons. The van der Waals surface area contributed by atoms with Gasteiger partial charge in [-0.15, -0.1) is 0 Å². The Balaban J connectivity index is 4.60. The molecule has 0 saturated heterocycles. The van der Waals surface area contributed by atoms with Crippen LogP contribution in [-0.2, 0) is 28.6 Å². The normalized spacial score (nSPS) is 13.1. The maximum Gasteiger partial charge on any atom is 0.306 e. The Labute approximate surface area is 412 Å². The standard InChI is InChI=1S/C61H98O6/c1-4-7-10-13-16-19-22-25-28-30-33-36-39-42-45-48-51-54-60(63)66-57-58(56-65-59(62)53-50-47-44-41-38-35-32-27-24-21-18-15-12-9-6-3)67-61(64)55-52-49-46-43-40-37-34-31-29-26-23-20-17-14-11-8-5-2/h16-21,25-29,32-34,36-38,41-42,45,58H,4-15,22-24,30-31,35,39-40,43-44,46-57H2,1-3H3/b19-16-,20-17-,21-18-,28-25-,29-26-,32-27-,36-33-,37-34-,41-38-,45-42-/t58-/m1/s1. The summed E-state index contributed by atoms with van der Waals surface area (Å²) in [6.45, 7) is 6.44. The van der Waals surface area contributed by atoms with E-state index in [0.29, 0.717) is 19.3 Å². The summed E-state index contributed by atoms with van der Waals surface area (Å²) in [7, 11) is 0. The van der Waals surface area contributed by atoms with Crippen LogP contribution in [0.25, 0.3) is 0 Å². The highest BCUT2D eigenvalue weighted by Gasteiger charge is 2.19. The molecule has 0 aliphatic rings. The molecule has 6 nitrogen and oxygen atoms in total. The van der Waals surface area contributed by atoms with Crippen molar-refractivity contribution >= 4 is 17.9 Å². The van der Waals surface area contributed by atoms with E-state index in [4.69, 9.17) is 14.2 Å². The van der Waals surface area contributed by atoms with E-state index in [2.05, 4.69) is 142 Å². The first kappa shape index (κ1) is 62.8. The lowest BCUT2D eigenvalue weighted by atomic mass is 10.1. The third kappa shape index (κ3) is 52.6. The highest BCUT2D eigenvalue weighted by molar-refractivity contribution is 5.71. The first-order valence-corrected chi connectivity index (χ1v) is 27.0. The van der Waals surface area contributed by atoms with E-state index >= 15 is 0 Å². The van der Waals surface area contributed by atoms with Gasteiger partial charge in [-0.3, -0.25) is 14.4 Å². The minimum absolute atomic E-state index is 0.127. The monoisotopic (exact) mass is 927 g/mol. The summed E-state index contributed by atoms with van der Waals surface area (Å²) in [5.41, 5.74) is 0. The summed E-state index contributed by atoms with van der Waals surface area (Å²) in [6, 6.07) is 0. The van der Waals surface area contributed by atoms with Crippen molar-refractivity contribution in [2.45, 2.75) is 232 Å². The van der Waals surface area contributed by atoms with Crippen LogP contribution in [0.15, 0.2) is 122 Å². The summed E-state index contributed by atoms with van der Waals surface area (Å²) < 4.78 is 16.7. The second-order valence-corrected chi connectivity index (χ2v) is 17.4. The number of esters is 3. The fourth-order valence-corrected chi connectivity index (χ4v) is 6.80. The molecule has 0 heterocycles. The number of unbranched alkanes of at least 4 members (excludes halogenated alkanes) is 16. The minimum atomic E-state index is -0.831. The van der Waals surface area contributed by atoms with Crippen LogP contribution in [0.2, 0.25) is 0 Å². The first-order valence-electron chi connectivity index (χ1n) is 27.0. The molecule has 6 heteroatoms. The molecule has 0 aliphatic carbocycles. The number of allylic oxidation sites excluding steroid dienone is 20. The van der Waals surface area contributed by atoms with Gasteiger partial charge >= 0.3 is 17.9 Å². The van der Waals surface area contributed by atoms with Gasteiger partial charge in [0.1, 0.15) is 13.2 Å². The predicted octanol–water partition coefficient (Wildman–Crippen LogP) is 18.1. The minimum Gasteiger partial charge on any atom is -0.462 e. The lowest BCUT2D eigenvalue weighted by molar-refractivity contribution is -0.167. The van der Waals surface area contributed by atoms with Gasteiger partial charge in [0.05, 0.1) is 0 Å². The van der Waals surface area contributed by atoms with Gasteiger partial charge in [0.2, 0.25) is 0 Å². The summed E-state index contributed by atoms with van der Waals surface area (Å²) >= 11 is 0. The highest BCUT2D eigenvalue weighted by atomic mass is 16.6. The molecule has 0 rings (SSSR count). The van der Waals surface area contributed by atoms with Crippen LogP contribution < -0.4 is 0 Å². The van der Waals surface area contributed by atoms with Crippen molar-refractivity contribution in [1.29, 1.82) is 0 Å². The zero-order chi connectivity index (χ0) is 48.6. The van der Waals surface area contributed by atoms with Crippen molar-refractivity contribution in [3.05, 3.63) is 122 Å². The van der Waals surface area contributed by atoms with Gasteiger partial charge in [0.25, 0.3) is 0 Å². The van der Waals surface area contributed by atoms with E-state index in [1.807, 2.05) is 0 Å². The zero-order valence-corrected chi connectivity index (χ0v) is 43.1. The van der Waals surface area contributed by atoms with Gasteiger partial charge < -0.3 is 14.2 Å². The molecule has 0 aromatic carbocycles. The zero-order valence-electron chi connectivity index (χ0n) is 43.1. The molecule has 0 aromatic heterocycles. The molecule has 0 N–H and O–H groups in total. The van der Waals surface area contributed by atoms with E-state index in [-0.39, 0.29) is 44.0 Å². The molecule has 378 valence electrons. The molecule has 0 spiro atoms. The van der Waals surface area contributed by atoms with E-state index < -0.39 is 6.10 Å². The van der Waals surface area contributed by atoms with Gasteiger partial charge in [-0.25, -0.2) is 0 Å². The second-order valence-electron chi connectivity index (χ2n) is 17.4. The van der Waals surface area contributed by atoms with Crippen LogP contribution in [0.5, 0.6) is 0 Å². The van der Waals surface area contributed by atoms with E-state index in [1.54, 1.807) is 0 Å². The molecule has 0 aliphatic heterocycles. The van der Waals surface area contributed by atoms with Crippen molar-refractivity contribution in [3.8, 4) is 0 Å². The van der Waals surface area contributed by atoms with Crippen molar-refractivity contribution in [2.24, 2.45) is 0 Å². The van der Waals surface area contributed by atoms with E-state index in [1.165, 1.54) is 77.0 Å². The molecular weight excluding hydrogens is 829 g/mol. The third-order valence-corrected chi connectivity index (χ3v) is 10.9. The fraction of sp³-hybridized carbons (Fsp3) is 0.623. The lowest BCUT2D eigenvalue weighted by Gasteiger charge is -2.18. The van der Waals surface area contributed by atoms with Crippen LogP contribution in [0.1, 0.15) is 226 Å². The number of hydrogen-bond donors (Lipinski definition) is 0. The third-order valence-electron chi connectivity index (χ3n) is 10.9. The Morgan fingerprint density at radius 2 is 0.552 bits per heavy atom. The SMILES string of the molecule is CCCCC/C=C\C/C=C\C/C=C\C/C=C\CCCC(=O)OC[C@@H](COC(=O)CCCC/C=C\C/C=C\C/C=C\CCCCC)OC(=O)CCCCCC/C=C\C/C=C\C/C=C\CCCCC. The van der Waals surface area contributed by atoms with Crippen molar-refractivity contribution < 1.29 is 28.6 Å². The predicted molar refractivity (Wildman–Crippen MR) is 288 cm³/mol. The maximum atomic E-state index is 12.8. The molecule has 0 aromatic rings. The highest BCUT2D eigenvalue weighted by Crippen LogP contribution is 2.11. The Hall–Kier alpha value is -4.19. The van der Waals surface area contributed by atoms with Crippen LogP contribution in [0.4, 0.5) is 0 Å². The van der Waals surface area contributed by atoms with E-state index in [0.717, 1.165) is 96.3 Å². The average molecular weight is 927 g/mol. The van der Waals surface area contributed by atoms with Gasteiger partial charge in [-0.05, 0) is 135 Å². The summed E-state index contributed by atoms with van der Waals surface area (Å²) in [6.07, 6.45) is 74.7. The van der Waals surface area contributed by atoms with Gasteiger partial charge in [-0.2, -0.15) is 0 Å². The largest absolute Gasteiger partial charge is 0.462 e. The number of carbonyl (C=O) groups is 3. The van der Waals surface area contributed by atoms with Gasteiger partial charge in [0.15, 0.2) is 6.10 Å². The molecular formula is C61H98O6. The molecule has 0 saturated carbocycles. The Morgan fingerprint density at radius 3 is 0.910 bits per heavy atom. The molecule has 0 unspecified atom stereocenters.